The minimum absolute atomic E-state index is 0.0687. The van der Waals surface area contributed by atoms with E-state index in [4.69, 9.17) is 14.6 Å². The lowest BCUT2D eigenvalue weighted by molar-refractivity contribution is -0.162. The highest BCUT2D eigenvalue weighted by Gasteiger charge is 2.13. The number of rotatable bonds is 15. The van der Waals surface area contributed by atoms with Crippen LogP contribution < -0.4 is 0 Å². The van der Waals surface area contributed by atoms with Crippen LogP contribution in [0.4, 0.5) is 0 Å². The van der Waals surface area contributed by atoms with Gasteiger partial charge >= 0.3 is 5.97 Å². The molecule has 0 aliphatic carbocycles. The van der Waals surface area contributed by atoms with Crippen molar-refractivity contribution >= 4 is 5.97 Å². The van der Waals surface area contributed by atoms with Gasteiger partial charge in [0.1, 0.15) is 0 Å². The van der Waals surface area contributed by atoms with E-state index in [1.54, 1.807) is 0 Å². The largest absolute Gasteiger partial charge is 0.481 e. The van der Waals surface area contributed by atoms with Crippen LogP contribution in [0, 0.1) is 0 Å². The number of carboxylic acid groups (broad SMARTS) is 1. The Morgan fingerprint density at radius 2 is 1.43 bits per heavy atom. The van der Waals surface area contributed by atoms with Crippen molar-refractivity contribution in [2.45, 2.75) is 103 Å². The highest BCUT2D eigenvalue weighted by molar-refractivity contribution is 5.66. The molecule has 0 saturated carbocycles. The minimum Gasteiger partial charge on any atom is -0.481 e. The SMILES string of the molecule is O=C(O)CCCCCCCCCCCCCOC1CCCCO1. The molecule has 0 aromatic heterocycles. The summed E-state index contributed by atoms with van der Waals surface area (Å²) in [6, 6.07) is 0. The molecule has 136 valence electrons. The van der Waals surface area contributed by atoms with Gasteiger partial charge in [-0.1, -0.05) is 57.8 Å². The van der Waals surface area contributed by atoms with Crippen LogP contribution in [-0.2, 0) is 14.3 Å². The zero-order valence-corrected chi connectivity index (χ0v) is 14.8. The Balaban J connectivity index is 1.69. The maximum atomic E-state index is 10.4. The molecule has 4 nitrogen and oxygen atoms in total. The van der Waals surface area contributed by atoms with Crippen molar-refractivity contribution in [2.24, 2.45) is 0 Å². The number of hydrogen-bond acceptors (Lipinski definition) is 3. The summed E-state index contributed by atoms with van der Waals surface area (Å²) < 4.78 is 11.3. The first-order chi connectivity index (χ1) is 11.3. The lowest BCUT2D eigenvalue weighted by Crippen LogP contribution is -2.22. The zero-order valence-electron chi connectivity index (χ0n) is 14.8. The summed E-state index contributed by atoms with van der Waals surface area (Å²) in [7, 11) is 0. The quantitative estimate of drug-likeness (QED) is 0.415. The maximum Gasteiger partial charge on any atom is 0.303 e. The van der Waals surface area contributed by atoms with Crippen LogP contribution in [0.15, 0.2) is 0 Å². The molecule has 0 amide bonds. The van der Waals surface area contributed by atoms with Gasteiger partial charge < -0.3 is 14.6 Å². The van der Waals surface area contributed by atoms with Gasteiger partial charge in [-0.25, -0.2) is 0 Å². The van der Waals surface area contributed by atoms with Gasteiger partial charge in [0.2, 0.25) is 0 Å². The Morgan fingerprint density at radius 3 is 1.96 bits per heavy atom. The molecule has 1 saturated heterocycles. The minimum atomic E-state index is -0.665. The highest BCUT2D eigenvalue weighted by Crippen LogP contribution is 2.15. The Bertz CT molecular complexity index is 275. The van der Waals surface area contributed by atoms with Crippen molar-refractivity contribution < 1.29 is 19.4 Å². The van der Waals surface area contributed by atoms with Crippen molar-refractivity contribution in [3.05, 3.63) is 0 Å². The van der Waals surface area contributed by atoms with E-state index in [0.717, 1.165) is 38.9 Å². The normalized spacial score (nSPS) is 18.2. The molecule has 1 rings (SSSR count). The summed E-state index contributed by atoms with van der Waals surface area (Å²) in [4.78, 5) is 10.4. The first-order valence-corrected chi connectivity index (χ1v) is 9.74. The molecule has 23 heavy (non-hydrogen) atoms. The number of unbranched alkanes of at least 4 members (excludes halogenated alkanes) is 10. The maximum absolute atomic E-state index is 10.4. The van der Waals surface area contributed by atoms with Crippen molar-refractivity contribution in [2.75, 3.05) is 13.2 Å². The van der Waals surface area contributed by atoms with Crippen LogP contribution in [-0.4, -0.2) is 30.6 Å². The molecule has 1 N–H and O–H groups in total. The fraction of sp³-hybridized carbons (Fsp3) is 0.947. The molecule has 0 aromatic rings. The molecule has 0 radical (unpaired) electrons. The van der Waals surface area contributed by atoms with Gasteiger partial charge in [-0.15, -0.1) is 0 Å². The molecule has 1 unspecified atom stereocenters. The molecule has 0 bridgehead atoms. The number of carboxylic acids is 1. The van der Waals surface area contributed by atoms with E-state index >= 15 is 0 Å². The molecular formula is C19H36O4. The van der Waals surface area contributed by atoms with Crippen molar-refractivity contribution in [1.29, 1.82) is 0 Å². The van der Waals surface area contributed by atoms with Crippen molar-refractivity contribution in [3.8, 4) is 0 Å². The smallest absolute Gasteiger partial charge is 0.303 e. The number of carbonyl (C=O) groups is 1. The van der Waals surface area contributed by atoms with Crippen molar-refractivity contribution in [3.63, 3.8) is 0 Å². The van der Waals surface area contributed by atoms with E-state index in [1.807, 2.05) is 0 Å². The van der Waals surface area contributed by atoms with Gasteiger partial charge in [0, 0.05) is 19.6 Å². The Hall–Kier alpha value is -0.610. The van der Waals surface area contributed by atoms with Crippen LogP contribution in [0.2, 0.25) is 0 Å². The van der Waals surface area contributed by atoms with Gasteiger partial charge in [-0.3, -0.25) is 4.79 Å². The van der Waals surface area contributed by atoms with Crippen LogP contribution >= 0.6 is 0 Å². The predicted octanol–water partition coefficient (Wildman–Crippen LogP) is 5.30. The Kier molecular flexibility index (Phi) is 13.3. The number of hydrogen-bond donors (Lipinski definition) is 1. The second-order valence-corrected chi connectivity index (χ2v) is 6.70. The fourth-order valence-electron chi connectivity index (χ4n) is 3.03. The lowest BCUT2D eigenvalue weighted by atomic mass is 10.1. The summed E-state index contributed by atoms with van der Waals surface area (Å²) in [5, 5.41) is 8.54. The van der Waals surface area contributed by atoms with E-state index in [-0.39, 0.29) is 6.29 Å². The van der Waals surface area contributed by atoms with Gasteiger partial charge in [-0.2, -0.15) is 0 Å². The summed E-state index contributed by atoms with van der Waals surface area (Å²) >= 11 is 0. The van der Waals surface area contributed by atoms with E-state index in [2.05, 4.69) is 0 Å². The molecule has 1 atom stereocenters. The van der Waals surface area contributed by atoms with E-state index in [9.17, 15) is 4.79 Å². The first kappa shape index (κ1) is 20.4. The summed E-state index contributed by atoms with van der Waals surface area (Å²) in [6.45, 7) is 1.71. The molecule has 1 aliphatic heterocycles. The average molecular weight is 328 g/mol. The third-order valence-corrected chi connectivity index (χ3v) is 4.48. The molecule has 1 fully saturated rings. The third kappa shape index (κ3) is 13.5. The topological polar surface area (TPSA) is 55.8 Å². The predicted molar refractivity (Wildman–Crippen MR) is 92.6 cm³/mol. The van der Waals surface area contributed by atoms with Crippen LogP contribution in [0.5, 0.6) is 0 Å². The molecule has 1 heterocycles. The number of ether oxygens (including phenoxy) is 2. The third-order valence-electron chi connectivity index (χ3n) is 4.48. The summed E-state index contributed by atoms with van der Waals surface area (Å²) in [5.74, 6) is -0.665. The summed E-state index contributed by atoms with van der Waals surface area (Å²) in [6.07, 6.45) is 17.3. The Morgan fingerprint density at radius 1 is 0.870 bits per heavy atom. The first-order valence-electron chi connectivity index (χ1n) is 9.74. The molecule has 4 heteroatoms. The van der Waals surface area contributed by atoms with E-state index in [1.165, 1.54) is 64.2 Å². The van der Waals surface area contributed by atoms with Crippen molar-refractivity contribution in [1.82, 2.24) is 0 Å². The monoisotopic (exact) mass is 328 g/mol. The lowest BCUT2D eigenvalue weighted by Gasteiger charge is -2.22. The fourth-order valence-corrected chi connectivity index (χ4v) is 3.03. The van der Waals surface area contributed by atoms with Gasteiger partial charge in [0.15, 0.2) is 6.29 Å². The van der Waals surface area contributed by atoms with Gasteiger partial charge in [0.05, 0.1) is 0 Å². The van der Waals surface area contributed by atoms with Crippen LogP contribution in [0.25, 0.3) is 0 Å². The van der Waals surface area contributed by atoms with E-state index in [0.29, 0.717) is 6.42 Å². The Labute approximate surface area is 141 Å². The molecule has 0 aromatic carbocycles. The zero-order chi connectivity index (χ0) is 16.6. The molecular weight excluding hydrogens is 292 g/mol. The summed E-state index contributed by atoms with van der Waals surface area (Å²) in [5.41, 5.74) is 0. The van der Waals surface area contributed by atoms with Crippen LogP contribution in [0.3, 0.4) is 0 Å². The average Bonchev–Trinajstić information content (AvgIpc) is 2.56. The molecule has 1 aliphatic rings. The number of aliphatic carboxylic acids is 1. The molecule has 0 spiro atoms. The van der Waals surface area contributed by atoms with Gasteiger partial charge in [0.25, 0.3) is 0 Å². The highest BCUT2D eigenvalue weighted by atomic mass is 16.7. The van der Waals surface area contributed by atoms with Crippen LogP contribution in [0.1, 0.15) is 96.3 Å². The second kappa shape index (κ2) is 14.9. The standard InChI is InChI=1S/C19H36O4/c20-18(21)14-10-8-6-4-2-1-3-5-7-9-12-16-22-19-15-11-13-17-23-19/h19H,1-17H2,(H,20,21). The van der Waals surface area contributed by atoms with E-state index < -0.39 is 5.97 Å². The van der Waals surface area contributed by atoms with Gasteiger partial charge in [-0.05, 0) is 32.1 Å². The second-order valence-electron chi connectivity index (χ2n) is 6.70.